The number of aromatic nitrogens is 1. The molecule has 0 fully saturated rings. The number of hydrogen-bond acceptors (Lipinski definition) is 2. The molecule has 0 unspecified atom stereocenters. The standard InChI is InChI=1S/C21H27NO2/c1-22-20-15-11-10-13-18(20)19(17-24)21(22)14-9-7-5-3-2-4-6-8-12-16-23/h10-11,13,15,17,23H,2-8,12,16H2,1H3. The number of rotatable bonds is 9. The van der Waals surface area contributed by atoms with Crippen molar-refractivity contribution in [3.05, 3.63) is 35.5 Å². The number of carbonyl (C=O) groups excluding carboxylic acids is 1. The molecule has 0 atom stereocenters. The monoisotopic (exact) mass is 325 g/mol. The lowest BCUT2D eigenvalue weighted by molar-refractivity contribution is 0.112. The lowest BCUT2D eigenvalue weighted by Gasteiger charge is -1.99. The largest absolute Gasteiger partial charge is 0.396 e. The van der Waals surface area contributed by atoms with Gasteiger partial charge in [0.15, 0.2) is 6.29 Å². The number of nitrogens with zero attached hydrogens (tertiary/aromatic N) is 1. The Kier molecular flexibility index (Phi) is 7.58. The Bertz CT molecular complexity index is 718. The fourth-order valence-electron chi connectivity index (χ4n) is 3.05. The summed E-state index contributed by atoms with van der Waals surface area (Å²) in [6.07, 6.45) is 9.84. The van der Waals surface area contributed by atoms with Crippen molar-refractivity contribution in [3.8, 4) is 11.8 Å². The van der Waals surface area contributed by atoms with E-state index in [4.69, 9.17) is 5.11 Å². The van der Waals surface area contributed by atoms with Crippen LogP contribution in [0, 0.1) is 11.8 Å². The molecule has 0 radical (unpaired) electrons. The molecule has 0 aliphatic heterocycles. The van der Waals surface area contributed by atoms with Gasteiger partial charge in [0.25, 0.3) is 0 Å². The van der Waals surface area contributed by atoms with Gasteiger partial charge in [-0.3, -0.25) is 4.79 Å². The van der Waals surface area contributed by atoms with E-state index in [9.17, 15) is 4.79 Å². The van der Waals surface area contributed by atoms with Crippen LogP contribution in [0.4, 0.5) is 0 Å². The Morgan fingerprint density at radius 2 is 1.71 bits per heavy atom. The van der Waals surface area contributed by atoms with Gasteiger partial charge in [-0.05, 0) is 24.8 Å². The van der Waals surface area contributed by atoms with E-state index < -0.39 is 0 Å². The molecule has 1 N–H and O–H groups in total. The van der Waals surface area contributed by atoms with Crippen LogP contribution in [-0.4, -0.2) is 22.6 Å². The maximum atomic E-state index is 11.4. The van der Waals surface area contributed by atoms with Crippen molar-refractivity contribution in [2.45, 2.75) is 51.4 Å². The highest BCUT2D eigenvalue weighted by molar-refractivity contribution is 6.00. The summed E-state index contributed by atoms with van der Waals surface area (Å²) in [6, 6.07) is 7.92. The number of aliphatic hydroxyl groups is 1. The minimum atomic E-state index is 0.312. The summed E-state index contributed by atoms with van der Waals surface area (Å²) in [6.45, 7) is 0.312. The summed E-state index contributed by atoms with van der Waals surface area (Å²) in [4.78, 5) is 11.4. The molecule has 0 saturated heterocycles. The van der Waals surface area contributed by atoms with Gasteiger partial charge in [-0.15, -0.1) is 0 Å². The predicted octanol–water partition coefficient (Wildman–Crippen LogP) is 4.46. The van der Waals surface area contributed by atoms with Crippen LogP contribution in [0.5, 0.6) is 0 Å². The van der Waals surface area contributed by atoms with Gasteiger partial charge in [-0.25, -0.2) is 0 Å². The minimum Gasteiger partial charge on any atom is -0.396 e. The van der Waals surface area contributed by atoms with Crippen LogP contribution in [0.25, 0.3) is 10.9 Å². The molecule has 0 amide bonds. The van der Waals surface area contributed by atoms with Crippen LogP contribution in [-0.2, 0) is 7.05 Å². The Morgan fingerprint density at radius 1 is 1.04 bits per heavy atom. The van der Waals surface area contributed by atoms with E-state index in [1.165, 1.54) is 25.7 Å². The van der Waals surface area contributed by atoms with E-state index in [1.807, 2.05) is 35.9 Å². The SMILES string of the molecule is Cn1c(C#CCCCCCCCCCO)c(C=O)c2ccccc21. The molecule has 0 saturated carbocycles. The molecule has 0 bridgehead atoms. The third kappa shape index (κ3) is 4.72. The van der Waals surface area contributed by atoms with Crippen LogP contribution in [0.1, 0.15) is 67.4 Å². The van der Waals surface area contributed by atoms with Gasteiger partial charge in [0, 0.05) is 31.0 Å². The van der Waals surface area contributed by atoms with E-state index in [-0.39, 0.29) is 0 Å². The normalized spacial score (nSPS) is 10.6. The third-order valence-electron chi connectivity index (χ3n) is 4.43. The maximum absolute atomic E-state index is 11.4. The number of fused-ring (bicyclic) bond motifs is 1. The number of benzene rings is 1. The Hall–Kier alpha value is -2.05. The van der Waals surface area contributed by atoms with Crippen LogP contribution >= 0.6 is 0 Å². The van der Waals surface area contributed by atoms with Crippen molar-refractivity contribution in [3.63, 3.8) is 0 Å². The van der Waals surface area contributed by atoms with E-state index in [0.717, 1.165) is 48.6 Å². The zero-order valence-electron chi connectivity index (χ0n) is 14.6. The van der Waals surface area contributed by atoms with Crippen LogP contribution < -0.4 is 0 Å². The Balaban J connectivity index is 1.85. The summed E-state index contributed by atoms with van der Waals surface area (Å²) < 4.78 is 2.01. The number of para-hydroxylation sites is 1. The lowest BCUT2D eigenvalue weighted by Crippen LogP contribution is -1.93. The molecule has 2 rings (SSSR count). The number of aryl methyl sites for hydroxylation is 1. The highest BCUT2D eigenvalue weighted by atomic mass is 16.2. The topological polar surface area (TPSA) is 42.2 Å². The predicted molar refractivity (Wildman–Crippen MR) is 99.2 cm³/mol. The average molecular weight is 325 g/mol. The molecule has 0 aliphatic carbocycles. The summed E-state index contributed by atoms with van der Waals surface area (Å²) in [5.41, 5.74) is 2.56. The average Bonchev–Trinajstić information content (AvgIpc) is 2.88. The molecule has 1 heterocycles. The van der Waals surface area contributed by atoms with Crippen LogP contribution in [0.15, 0.2) is 24.3 Å². The van der Waals surface area contributed by atoms with Crippen molar-refractivity contribution in [2.24, 2.45) is 7.05 Å². The van der Waals surface area contributed by atoms with E-state index in [0.29, 0.717) is 12.2 Å². The molecule has 1 aromatic heterocycles. The zero-order valence-corrected chi connectivity index (χ0v) is 14.6. The van der Waals surface area contributed by atoms with Crippen molar-refractivity contribution < 1.29 is 9.90 Å². The summed E-state index contributed by atoms with van der Waals surface area (Å²) in [5, 5.41) is 9.70. The molecule has 24 heavy (non-hydrogen) atoms. The summed E-state index contributed by atoms with van der Waals surface area (Å²) in [7, 11) is 1.96. The van der Waals surface area contributed by atoms with Gasteiger partial charge in [0.1, 0.15) is 5.69 Å². The second-order valence-corrected chi connectivity index (χ2v) is 6.21. The Morgan fingerprint density at radius 3 is 2.42 bits per heavy atom. The maximum Gasteiger partial charge on any atom is 0.153 e. The number of aliphatic hydroxyl groups excluding tert-OH is 1. The highest BCUT2D eigenvalue weighted by Crippen LogP contribution is 2.23. The van der Waals surface area contributed by atoms with E-state index in [2.05, 4.69) is 11.8 Å². The number of carbonyl (C=O) groups is 1. The molecule has 3 nitrogen and oxygen atoms in total. The summed E-state index contributed by atoms with van der Waals surface area (Å²) >= 11 is 0. The first-order valence-electron chi connectivity index (χ1n) is 8.92. The van der Waals surface area contributed by atoms with Crippen LogP contribution in [0.3, 0.4) is 0 Å². The molecule has 128 valence electrons. The first-order valence-corrected chi connectivity index (χ1v) is 8.92. The second-order valence-electron chi connectivity index (χ2n) is 6.21. The number of unbranched alkanes of at least 4 members (excludes halogenated alkanes) is 7. The van der Waals surface area contributed by atoms with Crippen molar-refractivity contribution in [1.29, 1.82) is 0 Å². The Labute approximate surface area is 144 Å². The van der Waals surface area contributed by atoms with E-state index in [1.54, 1.807) is 0 Å². The van der Waals surface area contributed by atoms with Gasteiger partial charge in [0.05, 0.1) is 5.56 Å². The quantitative estimate of drug-likeness (QED) is 0.420. The number of aldehydes is 1. The van der Waals surface area contributed by atoms with Gasteiger partial charge in [0.2, 0.25) is 0 Å². The van der Waals surface area contributed by atoms with Crippen LogP contribution in [0.2, 0.25) is 0 Å². The summed E-state index contributed by atoms with van der Waals surface area (Å²) in [5.74, 6) is 6.42. The first kappa shape index (κ1) is 18.3. The molecular weight excluding hydrogens is 298 g/mol. The van der Waals surface area contributed by atoms with Crippen molar-refractivity contribution in [1.82, 2.24) is 4.57 Å². The molecule has 1 aromatic carbocycles. The number of hydrogen-bond donors (Lipinski definition) is 1. The third-order valence-corrected chi connectivity index (χ3v) is 4.43. The zero-order chi connectivity index (χ0) is 17.2. The smallest absolute Gasteiger partial charge is 0.153 e. The van der Waals surface area contributed by atoms with Crippen molar-refractivity contribution >= 4 is 17.2 Å². The fourth-order valence-corrected chi connectivity index (χ4v) is 3.05. The van der Waals surface area contributed by atoms with Gasteiger partial charge in [-0.1, -0.05) is 56.2 Å². The van der Waals surface area contributed by atoms with Gasteiger partial charge >= 0.3 is 0 Å². The molecular formula is C21H27NO2. The lowest BCUT2D eigenvalue weighted by atomic mass is 10.1. The second kappa shape index (κ2) is 9.95. The van der Waals surface area contributed by atoms with Gasteiger partial charge < -0.3 is 9.67 Å². The fraction of sp³-hybridized carbons (Fsp3) is 0.476. The van der Waals surface area contributed by atoms with Gasteiger partial charge in [-0.2, -0.15) is 0 Å². The highest BCUT2D eigenvalue weighted by Gasteiger charge is 2.11. The molecule has 0 aliphatic rings. The van der Waals surface area contributed by atoms with E-state index >= 15 is 0 Å². The van der Waals surface area contributed by atoms with Crippen molar-refractivity contribution in [2.75, 3.05) is 6.61 Å². The molecule has 2 aromatic rings. The molecule has 0 spiro atoms. The molecule has 3 heteroatoms. The minimum absolute atomic E-state index is 0.312. The first-order chi connectivity index (χ1) is 11.8.